The third-order valence-corrected chi connectivity index (χ3v) is 4.55. The van der Waals surface area contributed by atoms with E-state index in [1.54, 1.807) is 23.5 Å². The van der Waals surface area contributed by atoms with E-state index in [-0.39, 0.29) is 11.9 Å². The van der Waals surface area contributed by atoms with Gasteiger partial charge in [0.05, 0.1) is 12.6 Å². The number of rotatable bonds is 6. The molecule has 3 nitrogen and oxygen atoms in total. The van der Waals surface area contributed by atoms with Crippen molar-refractivity contribution in [1.82, 2.24) is 10.2 Å². The lowest BCUT2D eigenvalue weighted by atomic mass is 10.1. The van der Waals surface area contributed by atoms with Gasteiger partial charge in [-0.3, -0.25) is 9.69 Å². The van der Waals surface area contributed by atoms with E-state index < -0.39 is 0 Å². The number of likely N-dealkylation sites (N-methyl/N-ethyl adjacent to an activating group) is 1. The number of hydrogen-bond donors (Lipinski definition) is 1. The predicted molar refractivity (Wildman–Crippen MR) is 93.7 cm³/mol. The van der Waals surface area contributed by atoms with Crippen LogP contribution < -0.4 is 5.32 Å². The summed E-state index contributed by atoms with van der Waals surface area (Å²) < 4.78 is 0. The minimum Gasteiger partial charge on any atom is -0.348 e. The van der Waals surface area contributed by atoms with Crippen molar-refractivity contribution in [2.45, 2.75) is 19.5 Å². The summed E-state index contributed by atoms with van der Waals surface area (Å²) in [6.45, 7) is 3.00. The molecule has 1 unspecified atom stereocenters. The lowest BCUT2D eigenvalue weighted by Gasteiger charge is -2.19. The molecule has 1 atom stereocenters. The molecule has 0 bridgehead atoms. The molecule has 0 spiro atoms. The molecule has 0 aliphatic rings. The zero-order valence-corrected chi connectivity index (χ0v) is 14.8. The smallest absolute Gasteiger partial charge is 0.234 e. The van der Waals surface area contributed by atoms with Gasteiger partial charge in [-0.15, -0.1) is 0 Å². The minimum atomic E-state index is -0.160. The van der Waals surface area contributed by atoms with Gasteiger partial charge in [-0.2, -0.15) is 11.3 Å². The third kappa shape index (κ3) is 4.99. The molecule has 1 aromatic carbocycles. The molecule has 1 amide bonds. The first-order valence-electron chi connectivity index (χ1n) is 6.89. The number of nitrogens with zero attached hydrogens (tertiary/aromatic N) is 1. The summed E-state index contributed by atoms with van der Waals surface area (Å²) in [4.78, 5) is 14.1. The number of carbonyl (C=O) groups is 1. The molecule has 0 fully saturated rings. The lowest BCUT2D eigenvalue weighted by Crippen LogP contribution is -2.36. The highest BCUT2D eigenvalue weighted by atomic mass is 35.5. The molecule has 1 aromatic heterocycles. The lowest BCUT2D eigenvalue weighted by molar-refractivity contribution is -0.122. The van der Waals surface area contributed by atoms with Gasteiger partial charge >= 0.3 is 0 Å². The number of thiophene rings is 1. The maximum Gasteiger partial charge on any atom is 0.234 e. The maximum absolute atomic E-state index is 12.1. The molecular formula is C16H18Cl2N2OS. The number of carbonyl (C=O) groups excluding carboxylic acids is 1. The van der Waals surface area contributed by atoms with Crippen molar-refractivity contribution < 1.29 is 4.79 Å². The number of halogens is 2. The zero-order chi connectivity index (χ0) is 16.1. The van der Waals surface area contributed by atoms with E-state index in [0.717, 1.165) is 12.1 Å². The van der Waals surface area contributed by atoms with Crippen LogP contribution in [0.25, 0.3) is 0 Å². The summed E-state index contributed by atoms with van der Waals surface area (Å²) in [6.07, 6.45) is 0. The second-order valence-corrected chi connectivity index (χ2v) is 6.88. The van der Waals surface area contributed by atoms with Crippen LogP contribution in [-0.4, -0.2) is 24.4 Å². The Hall–Kier alpha value is -1.07. The van der Waals surface area contributed by atoms with Crippen molar-refractivity contribution in [3.63, 3.8) is 0 Å². The first kappa shape index (κ1) is 17.3. The Labute approximate surface area is 144 Å². The Morgan fingerprint density at radius 3 is 2.77 bits per heavy atom. The van der Waals surface area contributed by atoms with Crippen molar-refractivity contribution in [2.24, 2.45) is 0 Å². The molecule has 0 aliphatic carbocycles. The topological polar surface area (TPSA) is 32.3 Å². The Kier molecular flexibility index (Phi) is 6.26. The van der Waals surface area contributed by atoms with Crippen molar-refractivity contribution in [3.8, 4) is 0 Å². The molecule has 2 rings (SSSR count). The van der Waals surface area contributed by atoms with Gasteiger partial charge in [0.1, 0.15) is 0 Å². The molecular weight excluding hydrogens is 339 g/mol. The summed E-state index contributed by atoms with van der Waals surface area (Å²) in [7, 11) is 1.93. The van der Waals surface area contributed by atoms with E-state index in [1.807, 2.05) is 30.3 Å². The van der Waals surface area contributed by atoms with Crippen molar-refractivity contribution in [2.75, 3.05) is 13.6 Å². The molecule has 2 aromatic rings. The minimum absolute atomic E-state index is 0.0313. The number of amides is 1. The van der Waals surface area contributed by atoms with Crippen LogP contribution >= 0.6 is 34.5 Å². The first-order valence-corrected chi connectivity index (χ1v) is 8.59. The van der Waals surface area contributed by atoms with Crippen LogP contribution in [0.15, 0.2) is 35.0 Å². The fourth-order valence-corrected chi connectivity index (χ4v) is 3.44. The predicted octanol–water partition coefficient (Wildman–Crippen LogP) is 4.36. The maximum atomic E-state index is 12.1. The van der Waals surface area contributed by atoms with Crippen LogP contribution in [0.1, 0.15) is 24.1 Å². The molecule has 22 heavy (non-hydrogen) atoms. The van der Waals surface area contributed by atoms with E-state index >= 15 is 0 Å². The molecule has 6 heteroatoms. The standard InChI is InChI=1S/C16H18Cl2N2OS/c1-11(14-4-3-13(17)7-15(14)18)19-16(21)9-20(2)8-12-5-6-22-10-12/h3-7,10-11H,8-9H2,1-2H3,(H,19,21). The van der Waals surface area contributed by atoms with Gasteiger partial charge in [0.15, 0.2) is 0 Å². The molecule has 0 aliphatic heterocycles. The zero-order valence-electron chi connectivity index (χ0n) is 12.5. The van der Waals surface area contributed by atoms with Crippen LogP contribution in [0.5, 0.6) is 0 Å². The molecule has 0 saturated heterocycles. The summed E-state index contributed by atoms with van der Waals surface area (Å²) >= 11 is 13.7. The van der Waals surface area contributed by atoms with Gasteiger partial charge in [-0.05, 0) is 54.1 Å². The Morgan fingerprint density at radius 2 is 2.14 bits per heavy atom. The van der Waals surface area contributed by atoms with Crippen molar-refractivity contribution >= 4 is 40.4 Å². The van der Waals surface area contributed by atoms with E-state index in [9.17, 15) is 4.79 Å². The summed E-state index contributed by atoms with van der Waals surface area (Å²) in [5.41, 5.74) is 2.08. The Morgan fingerprint density at radius 1 is 1.36 bits per heavy atom. The summed E-state index contributed by atoms with van der Waals surface area (Å²) in [6, 6.07) is 7.20. The van der Waals surface area contributed by atoms with Crippen LogP contribution in [0.2, 0.25) is 10.0 Å². The summed E-state index contributed by atoms with van der Waals surface area (Å²) in [5, 5.41) is 8.23. The monoisotopic (exact) mass is 356 g/mol. The fraction of sp³-hybridized carbons (Fsp3) is 0.312. The average molecular weight is 357 g/mol. The molecule has 0 saturated carbocycles. The van der Waals surface area contributed by atoms with E-state index in [2.05, 4.69) is 16.8 Å². The highest BCUT2D eigenvalue weighted by Gasteiger charge is 2.14. The number of nitrogens with one attached hydrogen (secondary N) is 1. The van der Waals surface area contributed by atoms with E-state index in [0.29, 0.717) is 16.6 Å². The SMILES string of the molecule is CC(NC(=O)CN(C)Cc1ccsc1)c1ccc(Cl)cc1Cl. The van der Waals surface area contributed by atoms with Crippen molar-refractivity contribution in [1.29, 1.82) is 0 Å². The normalized spacial score (nSPS) is 12.4. The van der Waals surface area contributed by atoms with Gasteiger partial charge in [-0.1, -0.05) is 29.3 Å². The van der Waals surface area contributed by atoms with Gasteiger partial charge in [0.25, 0.3) is 0 Å². The first-order chi connectivity index (χ1) is 10.5. The van der Waals surface area contributed by atoms with E-state index in [4.69, 9.17) is 23.2 Å². The van der Waals surface area contributed by atoms with Gasteiger partial charge < -0.3 is 5.32 Å². The highest BCUT2D eigenvalue weighted by Crippen LogP contribution is 2.26. The largest absolute Gasteiger partial charge is 0.348 e. The van der Waals surface area contributed by atoms with Crippen LogP contribution in [0.3, 0.4) is 0 Å². The third-order valence-electron chi connectivity index (χ3n) is 3.25. The average Bonchev–Trinajstić information content (AvgIpc) is 2.90. The van der Waals surface area contributed by atoms with Crippen LogP contribution in [-0.2, 0) is 11.3 Å². The Balaban J connectivity index is 1.88. The quantitative estimate of drug-likeness (QED) is 0.833. The van der Waals surface area contributed by atoms with Crippen LogP contribution in [0.4, 0.5) is 0 Å². The molecule has 1 N–H and O–H groups in total. The highest BCUT2D eigenvalue weighted by molar-refractivity contribution is 7.07. The molecule has 1 heterocycles. The Bertz CT molecular complexity index is 631. The number of benzene rings is 1. The second-order valence-electron chi connectivity index (χ2n) is 5.26. The van der Waals surface area contributed by atoms with Gasteiger partial charge in [0, 0.05) is 16.6 Å². The second kappa shape index (κ2) is 7.97. The number of hydrogen-bond acceptors (Lipinski definition) is 3. The van der Waals surface area contributed by atoms with E-state index in [1.165, 1.54) is 5.56 Å². The fourth-order valence-electron chi connectivity index (χ4n) is 2.21. The van der Waals surface area contributed by atoms with Crippen LogP contribution in [0, 0.1) is 0 Å². The summed E-state index contributed by atoms with van der Waals surface area (Å²) in [5.74, 6) is -0.0313. The van der Waals surface area contributed by atoms with Gasteiger partial charge in [-0.25, -0.2) is 0 Å². The molecule has 0 radical (unpaired) electrons. The van der Waals surface area contributed by atoms with Crippen molar-refractivity contribution in [3.05, 3.63) is 56.2 Å². The van der Waals surface area contributed by atoms with Gasteiger partial charge in [0.2, 0.25) is 5.91 Å². The molecule has 118 valence electrons.